The zero-order valence-electron chi connectivity index (χ0n) is 18.0. The van der Waals surface area contributed by atoms with Crippen LogP contribution in [0, 0.1) is 0 Å². The second kappa shape index (κ2) is 8.83. The minimum atomic E-state index is -0.850. The van der Waals surface area contributed by atoms with Crippen molar-refractivity contribution >= 4 is 5.82 Å². The number of aromatic nitrogens is 2. The molecule has 3 N–H and O–H groups in total. The van der Waals surface area contributed by atoms with Crippen LogP contribution in [0.1, 0.15) is 36.1 Å². The fourth-order valence-corrected chi connectivity index (χ4v) is 5.02. The Bertz CT molecular complexity index is 1000. The van der Waals surface area contributed by atoms with Gasteiger partial charge in [-0.25, -0.2) is 4.68 Å². The highest BCUT2D eigenvalue weighted by atomic mass is 16.3. The molecule has 6 heteroatoms. The molecular weight excluding hydrogens is 386 g/mol. The first-order chi connectivity index (χ1) is 15.2. The molecule has 0 saturated carbocycles. The molecule has 1 aliphatic heterocycles. The van der Waals surface area contributed by atoms with E-state index in [4.69, 9.17) is 5.10 Å². The van der Waals surface area contributed by atoms with Crippen LogP contribution in [0.4, 0.5) is 5.82 Å². The zero-order chi connectivity index (χ0) is 21.2. The standard InChI is InChI=1S/C25H31N5O/c1-2-29-16-21(18-10-5-3-6-11-18)23(17-29)26-25(31)27-24-20-14-9-15-22(20)28-30(24)19-12-7-4-8-13-19/h3-8,10-13,21,23,25-27,31H,2,9,14-17H2,1H3/t21-,23+,25?/m0/s1. The molecule has 0 radical (unpaired) electrons. The van der Waals surface area contributed by atoms with Gasteiger partial charge in [-0.2, -0.15) is 5.10 Å². The molecule has 1 aromatic heterocycles. The molecule has 3 atom stereocenters. The Morgan fingerprint density at radius 1 is 1.03 bits per heavy atom. The lowest BCUT2D eigenvalue weighted by atomic mass is 9.94. The predicted octanol–water partition coefficient (Wildman–Crippen LogP) is 3.13. The van der Waals surface area contributed by atoms with E-state index in [1.165, 1.54) is 11.1 Å². The van der Waals surface area contributed by atoms with Gasteiger partial charge in [0.15, 0.2) is 6.35 Å². The third kappa shape index (κ3) is 4.11. The summed E-state index contributed by atoms with van der Waals surface area (Å²) in [5.74, 6) is 1.25. The summed E-state index contributed by atoms with van der Waals surface area (Å²) in [5, 5.41) is 22.7. The number of hydrogen-bond donors (Lipinski definition) is 3. The van der Waals surface area contributed by atoms with Gasteiger partial charge in [0, 0.05) is 30.6 Å². The van der Waals surface area contributed by atoms with E-state index in [-0.39, 0.29) is 6.04 Å². The molecule has 5 rings (SSSR count). The maximum atomic E-state index is 11.0. The van der Waals surface area contributed by atoms with Gasteiger partial charge >= 0.3 is 0 Å². The van der Waals surface area contributed by atoms with Gasteiger partial charge in [-0.1, -0.05) is 55.5 Å². The largest absolute Gasteiger partial charge is 0.361 e. The number of likely N-dealkylation sites (tertiary alicyclic amines) is 1. The van der Waals surface area contributed by atoms with Crippen LogP contribution in [0.5, 0.6) is 0 Å². The number of aryl methyl sites for hydroxylation is 1. The van der Waals surface area contributed by atoms with E-state index in [0.29, 0.717) is 5.92 Å². The number of aliphatic hydroxyl groups excluding tert-OH is 1. The highest BCUT2D eigenvalue weighted by molar-refractivity contribution is 5.55. The number of hydrogen-bond acceptors (Lipinski definition) is 5. The maximum absolute atomic E-state index is 11.0. The van der Waals surface area contributed by atoms with Crippen LogP contribution in [-0.2, 0) is 12.8 Å². The van der Waals surface area contributed by atoms with Crippen LogP contribution < -0.4 is 10.6 Å². The molecule has 162 valence electrons. The topological polar surface area (TPSA) is 65.3 Å². The SMILES string of the molecule is CCN1C[C@@H](NC(O)Nc2c3c(nn2-c2ccccc2)CCC3)[C@H](c2ccccc2)C1. The molecule has 0 amide bonds. The van der Waals surface area contributed by atoms with E-state index in [1.807, 2.05) is 22.9 Å². The van der Waals surface area contributed by atoms with Crippen molar-refractivity contribution in [1.82, 2.24) is 20.0 Å². The van der Waals surface area contributed by atoms with Gasteiger partial charge in [0.25, 0.3) is 0 Å². The lowest BCUT2D eigenvalue weighted by Crippen LogP contribution is -2.46. The first-order valence-corrected chi connectivity index (χ1v) is 11.4. The van der Waals surface area contributed by atoms with E-state index in [9.17, 15) is 5.11 Å². The number of anilines is 1. The summed E-state index contributed by atoms with van der Waals surface area (Å²) in [7, 11) is 0. The summed E-state index contributed by atoms with van der Waals surface area (Å²) >= 11 is 0. The Morgan fingerprint density at radius 3 is 2.52 bits per heavy atom. The van der Waals surface area contributed by atoms with Crippen molar-refractivity contribution < 1.29 is 5.11 Å². The molecule has 1 aliphatic carbocycles. The number of rotatable bonds is 7. The number of nitrogens with zero attached hydrogens (tertiary/aromatic N) is 3. The maximum Gasteiger partial charge on any atom is 0.182 e. The lowest BCUT2D eigenvalue weighted by Gasteiger charge is -2.25. The van der Waals surface area contributed by atoms with E-state index < -0.39 is 6.35 Å². The normalized spacial score (nSPS) is 21.9. The molecule has 0 spiro atoms. The van der Waals surface area contributed by atoms with Gasteiger partial charge in [-0.05, 0) is 43.5 Å². The molecule has 3 aromatic rings. The minimum Gasteiger partial charge on any atom is -0.361 e. The smallest absolute Gasteiger partial charge is 0.182 e. The number of para-hydroxylation sites is 1. The number of aliphatic hydroxyl groups is 1. The Morgan fingerprint density at radius 2 is 1.77 bits per heavy atom. The molecule has 1 fully saturated rings. The van der Waals surface area contributed by atoms with Gasteiger partial charge < -0.3 is 15.3 Å². The summed E-state index contributed by atoms with van der Waals surface area (Å²) in [4.78, 5) is 2.44. The summed E-state index contributed by atoms with van der Waals surface area (Å²) in [5.41, 5.74) is 4.69. The third-order valence-corrected chi connectivity index (χ3v) is 6.62. The van der Waals surface area contributed by atoms with Crippen LogP contribution in [-0.4, -0.2) is 51.8 Å². The van der Waals surface area contributed by atoms with Crippen LogP contribution in [0.2, 0.25) is 0 Å². The average molecular weight is 418 g/mol. The average Bonchev–Trinajstić information content (AvgIpc) is 3.51. The van der Waals surface area contributed by atoms with Crippen LogP contribution in [0.15, 0.2) is 60.7 Å². The molecule has 6 nitrogen and oxygen atoms in total. The Kier molecular flexibility index (Phi) is 5.76. The van der Waals surface area contributed by atoms with Crippen molar-refractivity contribution in [3.63, 3.8) is 0 Å². The van der Waals surface area contributed by atoms with Gasteiger partial charge in [0.05, 0.1) is 11.4 Å². The van der Waals surface area contributed by atoms with Crippen molar-refractivity contribution in [3.05, 3.63) is 77.5 Å². The third-order valence-electron chi connectivity index (χ3n) is 6.62. The van der Waals surface area contributed by atoms with E-state index in [2.05, 4.69) is 64.9 Å². The highest BCUT2D eigenvalue weighted by Crippen LogP contribution is 2.32. The van der Waals surface area contributed by atoms with Crippen LogP contribution in [0.25, 0.3) is 5.69 Å². The quantitative estimate of drug-likeness (QED) is 0.516. The van der Waals surface area contributed by atoms with Crippen molar-refractivity contribution in [2.45, 2.75) is 44.5 Å². The summed E-state index contributed by atoms with van der Waals surface area (Å²) < 4.78 is 1.94. The Labute approximate surface area is 183 Å². The number of benzene rings is 2. The number of likely N-dealkylation sites (N-methyl/N-ethyl adjacent to an activating group) is 1. The second-order valence-electron chi connectivity index (χ2n) is 8.56. The monoisotopic (exact) mass is 417 g/mol. The van der Waals surface area contributed by atoms with E-state index in [0.717, 1.165) is 56.1 Å². The summed E-state index contributed by atoms with van der Waals surface area (Å²) in [6.07, 6.45) is 2.27. The second-order valence-corrected chi connectivity index (χ2v) is 8.56. The van der Waals surface area contributed by atoms with Crippen molar-refractivity contribution in [3.8, 4) is 5.69 Å². The van der Waals surface area contributed by atoms with Gasteiger partial charge in [0.1, 0.15) is 5.82 Å². The highest BCUT2D eigenvalue weighted by Gasteiger charge is 2.34. The number of fused-ring (bicyclic) bond motifs is 1. The van der Waals surface area contributed by atoms with Gasteiger partial charge in [-0.15, -0.1) is 0 Å². The molecule has 2 aliphatic rings. The van der Waals surface area contributed by atoms with Gasteiger partial charge in [0.2, 0.25) is 0 Å². The predicted molar refractivity (Wildman–Crippen MR) is 123 cm³/mol. The van der Waals surface area contributed by atoms with Crippen molar-refractivity contribution in [2.24, 2.45) is 0 Å². The van der Waals surface area contributed by atoms with E-state index in [1.54, 1.807) is 0 Å². The lowest BCUT2D eigenvalue weighted by molar-refractivity contribution is 0.145. The molecule has 31 heavy (non-hydrogen) atoms. The van der Waals surface area contributed by atoms with Gasteiger partial charge in [-0.3, -0.25) is 5.32 Å². The van der Waals surface area contributed by atoms with Crippen molar-refractivity contribution in [2.75, 3.05) is 25.0 Å². The van der Waals surface area contributed by atoms with E-state index >= 15 is 0 Å². The summed E-state index contributed by atoms with van der Waals surface area (Å²) in [6.45, 7) is 5.13. The molecular formula is C25H31N5O. The Hall–Kier alpha value is -2.67. The zero-order valence-corrected chi connectivity index (χ0v) is 18.0. The molecule has 2 aromatic carbocycles. The molecule has 0 bridgehead atoms. The minimum absolute atomic E-state index is 0.172. The Balaban J connectivity index is 1.36. The molecule has 1 saturated heterocycles. The van der Waals surface area contributed by atoms with Crippen LogP contribution >= 0.6 is 0 Å². The fraction of sp³-hybridized carbons (Fsp3) is 0.400. The first kappa shape index (κ1) is 20.2. The van der Waals surface area contributed by atoms with Crippen molar-refractivity contribution in [1.29, 1.82) is 0 Å². The fourth-order valence-electron chi connectivity index (χ4n) is 5.02. The first-order valence-electron chi connectivity index (χ1n) is 11.4. The molecule has 1 unspecified atom stereocenters. The number of nitrogens with one attached hydrogen (secondary N) is 2. The molecule has 2 heterocycles. The van der Waals surface area contributed by atoms with Crippen LogP contribution in [0.3, 0.4) is 0 Å². The summed E-state index contributed by atoms with van der Waals surface area (Å²) in [6, 6.07) is 20.9.